The number of aliphatic hydroxyl groups is 1. The molecule has 5 heterocycles. The molecular weight excluding hydrogens is 637 g/mol. The second-order valence-electron chi connectivity index (χ2n) is 14.6. The normalized spacial score (nSPS) is 14.0. The summed E-state index contributed by atoms with van der Waals surface area (Å²) >= 11 is 0. The van der Waals surface area contributed by atoms with Crippen molar-refractivity contribution < 1.29 is 5.11 Å². The lowest BCUT2D eigenvalue weighted by molar-refractivity contribution is 0.209. The maximum Gasteiger partial charge on any atom is 0.0766 e. The van der Waals surface area contributed by atoms with Gasteiger partial charge in [0.15, 0.2) is 0 Å². The van der Waals surface area contributed by atoms with E-state index in [1.54, 1.807) is 0 Å². The Morgan fingerprint density at radius 1 is 0.519 bits per heavy atom. The van der Waals surface area contributed by atoms with Crippen molar-refractivity contribution in [3.63, 3.8) is 0 Å². The number of fused-ring (bicyclic) bond motifs is 8. The van der Waals surface area contributed by atoms with Crippen molar-refractivity contribution >= 4 is 50.4 Å². The molecule has 3 aromatic heterocycles. The van der Waals surface area contributed by atoms with E-state index in [-0.39, 0.29) is 0 Å². The number of nitrogens with one attached hydrogen (secondary N) is 2. The largest absolute Gasteiger partial charge is 0.389 e. The topological polar surface area (TPSA) is 77.6 Å². The van der Waals surface area contributed by atoms with Crippen LogP contribution < -0.4 is 0 Å². The van der Waals surface area contributed by atoms with Crippen LogP contribution >= 0.6 is 0 Å². The second kappa shape index (κ2) is 18.4. The van der Waals surface area contributed by atoms with Crippen LogP contribution in [0.2, 0.25) is 0 Å². The monoisotopic (exact) mass is 703 g/mol. The fourth-order valence-corrected chi connectivity index (χ4v) is 8.82. The number of aromatic amines is 2. The molecule has 52 heavy (non-hydrogen) atoms. The third kappa shape index (κ3) is 7.95. The van der Waals surface area contributed by atoms with Crippen LogP contribution in [0, 0.1) is 0 Å². The summed E-state index contributed by atoms with van der Waals surface area (Å²) in [6, 6.07) is 6.98. The van der Waals surface area contributed by atoms with Crippen molar-refractivity contribution in [1.29, 1.82) is 0 Å². The van der Waals surface area contributed by atoms with Crippen molar-refractivity contribution in [2.75, 3.05) is 0 Å². The summed E-state index contributed by atoms with van der Waals surface area (Å²) in [7, 11) is 0. The molecule has 0 aliphatic carbocycles. The van der Waals surface area contributed by atoms with Crippen molar-refractivity contribution in [3.8, 4) is 0 Å². The Labute approximate surface area is 314 Å². The van der Waals surface area contributed by atoms with Crippen molar-refractivity contribution in [2.24, 2.45) is 0 Å². The number of hydrogen-bond acceptors (Lipinski definition) is 3. The minimum atomic E-state index is -0.502. The number of nitrogens with zero attached hydrogens (tertiary/aromatic N) is 2. The Balaban J connectivity index is 1.90. The average Bonchev–Trinajstić information content (AvgIpc) is 3.88. The molecule has 0 fully saturated rings. The van der Waals surface area contributed by atoms with E-state index in [9.17, 15) is 5.11 Å². The maximum absolute atomic E-state index is 11.3. The third-order valence-electron chi connectivity index (χ3n) is 11.5. The Bertz CT molecular complexity index is 1860. The summed E-state index contributed by atoms with van der Waals surface area (Å²) in [6.45, 7) is 20.4. The van der Waals surface area contributed by atoms with Crippen LogP contribution in [-0.2, 0) is 25.7 Å². The van der Waals surface area contributed by atoms with Crippen LogP contribution in [0.3, 0.4) is 0 Å². The van der Waals surface area contributed by atoms with Gasteiger partial charge in [-0.05, 0) is 121 Å². The van der Waals surface area contributed by atoms with E-state index in [2.05, 4.69) is 96.6 Å². The van der Waals surface area contributed by atoms with E-state index in [4.69, 9.17) is 9.97 Å². The molecule has 3 aromatic rings. The van der Waals surface area contributed by atoms with Crippen LogP contribution in [0.4, 0.5) is 0 Å². The van der Waals surface area contributed by atoms with E-state index < -0.39 is 6.10 Å². The lowest BCUT2D eigenvalue weighted by atomic mass is 9.93. The first-order valence-electron chi connectivity index (χ1n) is 20.9. The molecule has 8 bridgehead atoms. The molecule has 0 saturated carbocycles. The minimum absolute atomic E-state index is 0.502. The zero-order chi connectivity index (χ0) is 37.4. The Hall–Kier alpha value is -3.70. The van der Waals surface area contributed by atoms with Crippen molar-refractivity contribution in [2.45, 2.75) is 165 Å². The fourth-order valence-electron chi connectivity index (χ4n) is 8.82. The van der Waals surface area contributed by atoms with Crippen molar-refractivity contribution in [1.82, 2.24) is 19.9 Å². The molecule has 0 spiro atoms. The number of unbranched alkanes of at least 4 members (excludes halogenated alkanes) is 5. The van der Waals surface area contributed by atoms with E-state index in [1.165, 1.54) is 87.7 Å². The van der Waals surface area contributed by atoms with Crippen molar-refractivity contribution in [3.05, 3.63) is 74.9 Å². The molecule has 3 N–H and O–H groups in total. The van der Waals surface area contributed by atoms with Gasteiger partial charge in [0.25, 0.3) is 0 Å². The zero-order valence-electron chi connectivity index (χ0n) is 33.9. The molecule has 0 aromatic carbocycles. The summed E-state index contributed by atoms with van der Waals surface area (Å²) in [6.07, 6.45) is 19.2. The highest BCUT2D eigenvalue weighted by Gasteiger charge is 2.26. The highest BCUT2D eigenvalue weighted by atomic mass is 16.3. The standard InChI is InChI=1S/C47H66N4O/c1-10-19-20-21-22-23-24-30(52)25-26-39-46-37(17-8)35(15-6)44(50-46)28-42-33(13-4)31(11-2)40(48-42)27-41-32(12-3)34(14-5)43(49-41)29-45-36(16-7)38(18-9)47(39)51-45/h25-30,48-49,52H,10-24H2,1-9H3/b26-25+,40-27?,41-27?,42-28?,43-29?,44-28?,45-29?,46-39?,47-39?. The summed E-state index contributed by atoms with van der Waals surface area (Å²) < 4.78 is 0. The van der Waals surface area contributed by atoms with Gasteiger partial charge in [-0.15, -0.1) is 0 Å². The van der Waals surface area contributed by atoms with Gasteiger partial charge in [0.05, 0.1) is 28.9 Å². The quantitative estimate of drug-likeness (QED) is 0.123. The minimum Gasteiger partial charge on any atom is -0.389 e. The predicted octanol–water partition coefficient (Wildman–Crippen LogP) is 13.2. The molecule has 5 heteroatoms. The average molecular weight is 703 g/mol. The molecule has 0 saturated heterocycles. The van der Waals surface area contributed by atoms with E-state index >= 15 is 0 Å². The maximum atomic E-state index is 11.3. The fraction of sp³-hybridized carbons (Fsp3) is 0.532. The molecule has 5 nitrogen and oxygen atoms in total. The summed E-state index contributed by atoms with van der Waals surface area (Å²) in [5.41, 5.74) is 20.6. The number of hydrogen-bond donors (Lipinski definition) is 3. The summed E-state index contributed by atoms with van der Waals surface area (Å²) in [4.78, 5) is 18.8. The van der Waals surface area contributed by atoms with Gasteiger partial charge in [0.2, 0.25) is 0 Å². The van der Waals surface area contributed by atoms with Gasteiger partial charge in [-0.2, -0.15) is 0 Å². The summed E-state index contributed by atoms with van der Waals surface area (Å²) in [5, 5.41) is 11.3. The zero-order valence-corrected chi connectivity index (χ0v) is 33.9. The number of rotatable bonds is 17. The number of H-pyrrole nitrogens is 2. The summed E-state index contributed by atoms with van der Waals surface area (Å²) in [5.74, 6) is 0. The Kier molecular flexibility index (Phi) is 14.0. The first-order chi connectivity index (χ1) is 25.3. The van der Waals surface area contributed by atoms with E-state index in [1.807, 2.05) is 6.08 Å². The number of allylic oxidation sites excluding steroid dienone is 4. The van der Waals surface area contributed by atoms with Crippen LogP contribution in [-0.4, -0.2) is 31.1 Å². The highest BCUT2D eigenvalue weighted by Crippen LogP contribution is 2.42. The molecule has 2 aliphatic heterocycles. The van der Waals surface area contributed by atoms with Gasteiger partial charge in [-0.1, -0.05) is 113 Å². The number of aryl methyl sites for hydroxylation is 4. The van der Waals surface area contributed by atoms with Gasteiger partial charge < -0.3 is 15.1 Å². The van der Waals surface area contributed by atoms with Crippen LogP contribution in [0.5, 0.6) is 0 Å². The highest BCUT2D eigenvalue weighted by molar-refractivity contribution is 5.99. The van der Waals surface area contributed by atoms with Crippen LogP contribution in [0.15, 0.2) is 24.3 Å². The lowest BCUT2D eigenvalue weighted by Crippen LogP contribution is -2.02. The van der Waals surface area contributed by atoms with Gasteiger partial charge >= 0.3 is 0 Å². The first-order valence-corrected chi connectivity index (χ1v) is 20.9. The molecule has 1 atom stereocenters. The number of aromatic nitrogens is 4. The predicted molar refractivity (Wildman–Crippen MR) is 226 cm³/mol. The Morgan fingerprint density at radius 2 is 0.923 bits per heavy atom. The van der Waals surface area contributed by atoms with Gasteiger partial charge in [-0.25, -0.2) is 9.97 Å². The van der Waals surface area contributed by atoms with Gasteiger partial charge in [0.1, 0.15) is 0 Å². The molecule has 1 unspecified atom stereocenters. The SMILES string of the molecule is CCCCCCCCC(O)/C=C/c1c2nc(cc3[nH]c(cc4[nH]c(cc5nc1C(CC)=C5CC)c(CC)c4CC)c(CC)c3CC)C(CC)=C2CC. The molecule has 0 amide bonds. The molecule has 280 valence electrons. The molecule has 0 radical (unpaired) electrons. The molecular formula is C47H66N4O. The number of aliphatic hydroxyl groups excluding tert-OH is 1. The second-order valence-corrected chi connectivity index (χ2v) is 14.6. The van der Waals surface area contributed by atoms with Gasteiger partial charge in [-0.3, -0.25) is 0 Å². The third-order valence-corrected chi connectivity index (χ3v) is 11.5. The molecule has 2 aliphatic rings. The van der Waals surface area contributed by atoms with Gasteiger partial charge in [0, 0.05) is 27.6 Å². The van der Waals surface area contributed by atoms with E-state index in [0.717, 1.165) is 104 Å². The van der Waals surface area contributed by atoms with Crippen LogP contribution in [0.25, 0.3) is 50.4 Å². The van der Waals surface area contributed by atoms with Crippen LogP contribution in [0.1, 0.15) is 184 Å². The lowest BCUT2D eigenvalue weighted by Gasteiger charge is -2.11. The van der Waals surface area contributed by atoms with E-state index in [0.29, 0.717) is 0 Å². The smallest absolute Gasteiger partial charge is 0.0766 e. The Morgan fingerprint density at radius 3 is 1.33 bits per heavy atom. The molecule has 5 rings (SSSR count). The first kappa shape index (κ1) is 39.5.